The van der Waals surface area contributed by atoms with Crippen molar-refractivity contribution in [2.24, 2.45) is 5.73 Å². The van der Waals surface area contributed by atoms with Crippen molar-refractivity contribution in [2.45, 2.75) is 25.3 Å². The zero-order valence-corrected chi connectivity index (χ0v) is 10.9. The number of ether oxygens (including phenoxy) is 1. The van der Waals surface area contributed by atoms with Crippen LogP contribution < -0.4 is 5.73 Å². The molecule has 0 spiro atoms. The number of hydrogen-bond acceptors (Lipinski definition) is 4. The summed E-state index contributed by atoms with van der Waals surface area (Å²) in [6, 6.07) is 1.60. The van der Waals surface area contributed by atoms with Crippen molar-refractivity contribution in [2.75, 3.05) is 7.11 Å². The molecule has 0 amide bonds. The lowest BCUT2D eigenvalue weighted by Crippen LogP contribution is -2.31. The normalized spacial score (nSPS) is 12.5. The van der Waals surface area contributed by atoms with Gasteiger partial charge in [0.2, 0.25) is 0 Å². The molecule has 5 heteroatoms. The van der Waals surface area contributed by atoms with E-state index < -0.39 is 6.04 Å². The first kappa shape index (κ1) is 12.7. The molecule has 1 rings (SSSR count). The maximum absolute atomic E-state index is 11.0. The number of methoxy groups -OCH3 is 1. The molecule has 0 saturated carbocycles. The fourth-order valence-corrected chi connectivity index (χ4v) is 2.75. The molecule has 0 saturated heterocycles. The van der Waals surface area contributed by atoms with Gasteiger partial charge in [-0.3, -0.25) is 4.79 Å². The van der Waals surface area contributed by atoms with Crippen molar-refractivity contribution in [3.05, 3.63) is 20.8 Å². The molecular formula is C10H14BrNO2S. The van der Waals surface area contributed by atoms with Gasteiger partial charge in [-0.05, 0) is 41.3 Å². The Morgan fingerprint density at radius 2 is 2.47 bits per heavy atom. The van der Waals surface area contributed by atoms with Crippen LogP contribution in [0.25, 0.3) is 0 Å². The number of nitrogens with two attached hydrogens (primary N) is 1. The van der Waals surface area contributed by atoms with Gasteiger partial charge in [0.05, 0.1) is 7.11 Å². The molecule has 84 valence electrons. The van der Waals surface area contributed by atoms with Crippen molar-refractivity contribution in [1.82, 2.24) is 0 Å². The first-order valence-corrected chi connectivity index (χ1v) is 6.37. The third-order valence-corrected chi connectivity index (χ3v) is 3.82. The van der Waals surface area contributed by atoms with Gasteiger partial charge in [-0.2, -0.15) is 0 Å². The van der Waals surface area contributed by atoms with Crippen molar-refractivity contribution >= 4 is 33.2 Å². The molecular weight excluding hydrogens is 278 g/mol. The summed E-state index contributed by atoms with van der Waals surface area (Å²) in [6.45, 7) is 0. The molecule has 0 aliphatic rings. The maximum atomic E-state index is 11.0. The van der Waals surface area contributed by atoms with Crippen LogP contribution in [0.1, 0.15) is 17.7 Å². The molecule has 0 aromatic carbocycles. The summed E-state index contributed by atoms with van der Waals surface area (Å²) in [5, 5.41) is 2.05. The summed E-state index contributed by atoms with van der Waals surface area (Å²) in [5.74, 6) is -0.331. The van der Waals surface area contributed by atoms with Gasteiger partial charge in [0.25, 0.3) is 0 Å². The molecule has 1 heterocycles. The van der Waals surface area contributed by atoms with Crippen molar-refractivity contribution in [3.63, 3.8) is 0 Å². The van der Waals surface area contributed by atoms with E-state index >= 15 is 0 Å². The molecule has 0 aliphatic carbocycles. The van der Waals surface area contributed by atoms with E-state index in [1.54, 1.807) is 11.3 Å². The van der Waals surface area contributed by atoms with Crippen LogP contribution in [0, 0.1) is 0 Å². The highest BCUT2D eigenvalue weighted by atomic mass is 79.9. The topological polar surface area (TPSA) is 52.3 Å². The summed E-state index contributed by atoms with van der Waals surface area (Å²) in [7, 11) is 1.36. The van der Waals surface area contributed by atoms with E-state index in [0.717, 1.165) is 17.3 Å². The second-order valence-corrected chi connectivity index (χ2v) is 5.16. The van der Waals surface area contributed by atoms with E-state index in [4.69, 9.17) is 5.73 Å². The number of esters is 1. The second kappa shape index (κ2) is 6.25. The molecule has 2 N–H and O–H groups in total. The molecule has 1 aromatic rings. The standard InChI is InChI=1S/C10H14BrNO2S/c1-14-10(13)9(12)4-2-3-8-5-7(11)6-15-8/h5-6,9H,2-4,12H2,1H3. The van der Waals surface area contributed by atoms with Crippen LogP contribution >= 0.6 is 27.3 Å². The highest BCUT2D eigenvalue weighted by Gasteiger charge is 2.12. The molecule has 1 unspecified atom stereocenters. The predicted octanol–water partition coefficient (Wildman–Crippen LogP) is 2.33. The molecule has 0 radical (unpaired) electrons. The minimum absolute atomic E-state index is 0.331. The Labute approximate surface area is 102 Å². The van der Waals surface area contributed by atoms with Gasteiger partial charge in [-0.15, -0.1) is 11.3 Å². The predicted molar refractivity (Wildman–Crippen MR) is 64.9 cm³/mol. The van der Waals surface area contributed by atoms with Crippen molar-refractivity contribution in [3.8, 4) is 0 Å². The van der Waals surface area contributed by atoms with Gasteiger partial charge >= 0.3 is 5.97 Å². The van der Waals surface area contributed by atoms with Crippen LogP contribution in [0.15, 0.2) is 15.9 Å². The smallest absolute Gasteiger partial charge is 0.322 e. The van der Waals surface area contributed by atoms with Gasteiger partial charge in [-0.25, -0.2) is 0 Å². The third kappa shape index (κ3) is 4.32. The number of thiophene rings is 1. The summed E-state index contributed by atoms with van der Waals surface area (Å²) in [4.78, 5) is 12.3. The highest BCUT2D eigenvalue weighted by molar-refractivity contribution is 9.10. The largest absolute Gasteiger partial charge is 0.468 e. The van der Waals surface area contributed by atoms with Gasteiger partial charge in [0.1, 0.15) is 6.04 Å². The van der Waals surface area contributed by atoms with Crippen LogP contribution in [0.5, 0.6) is 0 Å². The van der Waals surface area contributed by atoms with Crippen molar-refractivity contribution in [1.29, 1.82) is 0 Å². The molecule has 1 atom stereocenters. The van der Waals surface area contributed by atoms with Gasteiger partial charge in [0, 0.05) is 14.7 Å². The van der Waals surface area contributed by atoms with E-state index in [-0.39, 0.29) is 5.97 Å². The lowest BCUT2D eigenvalue weighted by molar-refractivity contribution is -0.142. The van der Waals surface area contributed by atoms with E-state index in [1.807, 2.05) is 0 Å². The fourth-order valence-electron chi connectivity index (χ4n) is 1.25. The second-order valence-electron chi connectivity index (χ2n) is 3.25. The first-order valence-electron chi connectivity index (χ1n) is 4.70. The fraction of sp³-hybridized carbons (Fsp3) is 0.500. The van der Waals surface area contributed by atoms with Gasteiger partial charge in [-0.1, -0.05) is 0 Å². The monoisotopic (exact) mass is 291 g/mol. The van der Waals surface area contributed by atoms with Crippen LogP contribution in [0.2, 0.25) is 0 Å². The number of halogens is 1. The van der Waals surface area contributed by atoms with E-state index in [2.05, 4.69) is 32.1 Å². The quantitative estimate of drug-likeness (QED) is 0.847. The highest BCUT2D eigenvalue weighted by Crippen LogP contribution is 2.21. The Balaban J connectivity index is 2.24. The summed E-state index contributed by atoms with van der Waals surface area (Å²) >= 11 is 5.11. The van der Waals surface area contributed by atoms with Crippen LogP contribution in [-0.4, -0.2) is 19.1 Å². The Morgan fingerprint density at radius 3 is 3.00 bits per heavy atom. The lowest BCUT2D eigenvalue weighted by atomic mass is 10.1. The van der Waals surface area contributed by atoms with E-state index in [1.165, 1.54) is 12.0 Å². The summed E-state index contributed by atoms with van der Waals surface area (Å²) < 4.78 is 5.66. The number of carbonyl (C=O) groups is 1. The Kier molecular flexibility index (Phi) is 5.28. The van der Waals surface area contributed by atoms with Crippen molar-refractivity contribution < 1.29 is 9.53 Å². The zero-order valence-electron chi connectivity index (χ0n) is 8.53. The lowest BCUT2D eigenvalue weighted by Gasteiger charge is -2.07. The number of aryl methyl sites for hydroxylation is 1. The zero-order chi connectivity index (χ0) is 11.3. The minimum Gasteiger partial charge on any atom is -0.468 e. The average Bonchev–Trinajstić information content (AvgIpc) is 2.63. The number of hydrogen-bond donors (Lipinski definition) is 1. The van der Waals surface area contributed by atoms with E-state index in [9.17, 15) is 4.79 Å². The van der Waals surface area contributed by atoms with Crippen LogP contribution in [0.4, 0.5) is 0 Å². The number of rotatable bonds is 5. The number of carbonyl (C=O) groups excluding carboxylic acids is 1. The first-order chi connectivity index (χ1) is 7.13. The summed E-state index contributed by atoms with van der Waals surface area (Å²) in [5.41, 5.74) is 5.62. The summed E-state index contributed by atoms with van der Waals surface area (Å²) in [6.07, 6.45) is 2.53. The van der Waals surface area contributed by atoms with Crippen LogP contribution in [-0.2, 0) is 16.0 Å². The molecule has 1 aromatic heterocycles. The maximum Gasteiger partial charge on any atom is 0.322 e. The van der Waals surface area contributed by atoms with E-state index in [0.29, 0.717) is 6.42 Å². The molecule has 15 heavy (non-hydrogen) atoms. The van der Waals surface area contributed by atoms with Gasteiger partial charge < -0.3 is 10.5 Å². The van der Waals surface area contributed by atoms with Crippen LogP contribution in [0.3, 0.4) is 0 Å². The Hall–Kier alpha value is -0.390. The average molecular weight is 292 g/mol. The minimum atomic E-state index is -0.488. The molecule has 0 aliphatic heterocycles. The molecule has 0 bridgehead atoms. The van der Waals surface area contributed by atoms with Gasteiger partial charge in [0.15, 0.2) is 0 Å². The molecule has 3 nitrogen and oxygen atoms in total. The SMILES string of the molecule is COC(=O)C(N)CCCc1cc(Br)cs1. The Morgan fingerprint density at radius 1 is 1.73 bits per heavy atom. The third-order valence-electron chi connectivity index (χ3n) is 2.06. The molecule has 0 fully saturated rings. The Bertz CT molecular complexity index is 327.